The molecule has 0 spiro atoms. The number of nitrogens with zero attached hydrogens (tertiary/aromatic N) is 1. The van der Waals surface area contributed by atoms with Gasteiger partial charge in [-0.3, -0.25) is 4.79 Å². The smallest absolute Gasteiger partial charge is 0.219 e. The quantitative estimate of drug-likeness (QED) is 0.563. The summed E-state index contributed by atoms with van der Waals surface area (Å²) in [6.45, 7) is 8.21. The topological polar surface area (TPSA) is 40.5 Å². The number of amides is 1. The fraction of sp³-hybridized carbons (Fsp3) is 0.875. The van der Waals surface area contributed by atoms with Crippen LogP contribution in [0.25, 0.3) is 0 Å². The lowest BCUT2D eigenvalue weighted by Gasteiger charge is -2.43. The fourth-order valence-corrected chi connectivity index (χ4v) is 0.999. The second kappa shape index (κ2) is 3.72. The zero-order valence-electron chi connectivity index (χ0n) is 7.72. The van der Waals surface area contributed by atoms with Crippen LogP contribution in [0.3, 0.4) is 0 Å². The average Bonchev–Trinajstić information content (AvgIpc) is 1.87. The molecular weight excluding hydrogens is 142 g/mol. The highest BCUT2D eigenvalue weighted by molar-refractivity contribution is 5.74. The van der Waals surface area contributed by atoms with Gasteiger partial charge in [0.05, 0.1) is 18.7 Å². The molecular formula is C8H17NO2. The molecule has 1 aliphatic rings. The summed E-state index contributed by atoms with van der Waals surface area (Å²) >= 11 is 0. The third-order valence-electron chi connectivity index (χ3n) is 1.51. The second-order valence-corrected chi connectivity index (χ2v) is 2.87. The molecule has 0 aromatic heterocycles. The molecule has 1 fully saturated rings. The van der Waals surface area contributed by atoms with E-state index in [1.807, 2.05) is 13.8 Å². The first kappa shape index (κ1) is 10.4. The van der Waals surface area contributed by atoms with Gasteiger partial charge < -0.3 is 10.0 Å². The molecule has 1 aliphatic heterocycles. The third-order valence-corrected chi connectivity index (χ3v) is 1.51. The molecule has 0 saturated carbocycles. The van der Waals surface area contributed by atoms with Crippen LogP contribution in [0.4, 0.5) is 0 Å². The number of carbonyl (C=O) groups excluding carboxylic acids is 1. The Morgan fingerprint density at radius 2 is 1.82 bits per heavy atom. The monoisotopic (exact) mass is 159 g/mol. The van der Waals surface area contributed by atoms with Crippen molar-refractivity contribution in [3.05, 3.63) is 0 Å². The normalized spacial score (nSPS) is 19.5. The van der Waals surface area contributed by atoms with Crippen LogP contribution in [0.2, 0.25) is 0 Å². The molecule has 66 valence electrons. The van der Waals surface area contributed by atoms with E-state index in [-0.39, 0.29) is 5.91 Å². The fourth-order valence-electron chi connectivity index (χ4n) is 0.999. The van der Waals surface area contributed by atoms with E-state index < -0.39 is 5.60 Å². The maximum Gasteiger partial charge on any atom is 0.219 e. The highest BCUT2D eigenvalue weighted by atomic mass is 16.3. The Labute approximate surface area is 68.0 Å². The van der Waals surface area contributed by atoms with Gasteiger partial charge in [-0.25, -0.2) is 0 Å². The van der Waals surface area contributed by atoms with Gasteiger partial charge >= 0.3 is 0 Å². The van der Waals surface area contributed by atoms with Crippen LogP contribution in [-0.2, 0) is 4.79 Å². The van der Waals surface area contributed by atoms with E-state index in [4.69, 9.17) is 5.11 Å². The SMILES string of the molecule is CC.CC(=O)N1CC(C)(O)C1. The molecule has 0 unspecified atom stereocenters. The van der Waals surface area contributed by atoms with Gasteiger partial charge in [0, 0.05) is 6.92 Å². The van der Waals surface area contributed by atoms with Gasteiger partial charge in [-0.2, -0.15) is 0 Å². The summed E-state index contributed by atoms with van der Waals surface area (Å²) in [7, 11) is 0. The van der Waals surface area contributed by atoms with E-state index in [0.717, 1.165) is 0 Å². The number of hydrogen-bond donors (Lipinski definition) is 1. The van der Waals surface area contributed by atoms with E-state index in [1.54, 1.807) is 11.8 Å². The molecule has 0 bridgehead atoms. The van der Waals surface area contributed by atoms with Gasteiger partial charge in [0.1, 0.15) is 0 Å². The lowest BCUT2D eigenvalue weighted by atomic mass is 9.97. The molecule has 11 heavy (non-hydrogen) atoms. The minimum Gasteiger partial charge on any atom is -0.386 e. The van der Waals surface area contributed by atoms with Gasteiger partial charge in [-0.1, -0.05) is 13.8 Å². The highest BCUT2D eigenvalue weighted by Crippen LogP contribution is 2.18. The van der Waals surface area contributed by atoms with Crippen LogP contribution in [0.1, 0.15) is 27.7 Å². The summed E-state index contributed by atoms with van der Waals surface area (Å²) in [5.41, 5.74) is -0.619. The molecule has 0 aromatic carbocycles. The first-order chi connectivity index (χ1) is 5.01. The third kappa shape index (κ3) is 2.89. The predicted octanol–water partition coefficient (Wildman–Crippen LogP) is 0.626. The lowest BCUT2D eigenvalue weighted by Crippen LogP contribution is -2.61. The molecule has 0 aromatic rings. The number of carbonyl (C=O) groups is 1. The van der Waals surface area contributed by atoms with E-state index in [1.165, 1.54) is 6.92 Å². The van der Waals surface area contributed by atoms with Gasteiger partial charge in [0.25, 0.3) is 0 Å². The standard InChI is InChI=1S/C6H11NO2.C2H6/c1-5(8)7-3-6(2,9)4-7;1-2/h9H,3-4H2,1-2H3;1-2H3. The van der Waals surface area contributed by atoms with Crippen LogP contribution in [-0.4, -0.2) is 34.6 Å². The van der Waals surface area contributed by atoms with Crippen molar-refractivity contribution in [2.24, 2.45) is 0 Å². The van der Waals surface area contributed by atoms with E-state index in [2.05, 4.69) is 0 Å². The van der Waals surface area contributed by atoms with Gasteiger partial charge in [-0.15, -0.1) is 0 Å². The Morgan fingerprint density at radius 3 is 1.91 bits per heavy atom. The van der Waals surface area contributed by atoms with E-state index >= 15 is 0 Å². The molecule has 1 saturated heterocycles. The van der Waals surface area contributed by atoms with Gasteiger partial charge in [-0.05, 0) is 6.92 Å². The van der Waals surface area contributed by atoms with Crippen molar-refractivity contribution in [2.45, 2.75) is 33.3 Å². The summed E-state index contributed by atoms with van der Waals surface area (Å²) in [5, 5.41) is 9.14. The summed E-state index contributed by atoms with van der Waals surface area (Å²) in [5.74, 6) is 0.0431. The molecule has 0 aliphatic carbocycles. The number of rotatable bonds is 0. The zero-order valence-corrected chi connectivity index (χ0v) is 7.72. The van der Waals surface area contributed by atoms with E-state index in [9.17, 15) is 4.79 Å². The Balaban J connectivity index is 0.000000461. The van der Waals surface area contributed by atoms with Crippen molar-refractivity contribution in [1.82, 2.24) is 4.90 Å². The average molecular weight is 159 g/mol. The first-order valence-corrected chi connectivity index (χ1v) is 3.99. The maximum atomic E-state index is 10.5. The largest absolute Gasteiger partial charge is 0.386 e. The highest BCUT2D eigenvalue weighted by Gasteiger charge is 2.37. The Morgan fingerprint density at radius 1 is 1.45 bits per heavy atom. The molecule has 3 heteroatoms. The van der Waals surface area contributed by atoms with E-state index in [0.29, 0.717) is 13.1 Å². The van der Waals surface area contributed by atoms with Crippen LogP contribution < -0.4 is 0 Å². The van der Waals surface area contributed by atoms with Crippen LogP contribution in [0.15, 0.2) is 0 Å². The van der Waals surface area contributed by atoms with Crippen molar-refractivity contribution in [3.8, 4) is 0 Å². The number of β-amino-alcohol motifs (C(OH)–C–C–N with tert-alkyl or cyclic N) is 1. The molecule has 1 amide bonds. The van der Waals surface area contributed by atoms with Crippen molar-refractivity contribution in [3.63, 3.8) is 0 Å². The second-order valence-electron chi connectivity index (χ2n) is 2.87. The molecule has 3 nitrogen and oxygen atoms in total. The molecule has 1 heterocycles. The van der Waals surface area contributed by atoms with Crippen molar-refractivity contribution < 1.29 is 9.90 Å². The van der Waals surface area contributed by atoms with Gasteiger partial charge in [0.2, 0.25) is 5.91 Å². The Kier molecular flexibility index (Phi) is 3.52. The molecule has 1 rings (SSSR count). The van der Waals surface area contributed by atoms with Crippen molar-refractivity contribution >= 4 is 5.91 Å². The molecule has 1 N–H and O–H groups in total. The summed E-state index contributed by atoms with van der Waals surface area (Å²) in [6, 6.07) is 0. The van der Waals surface area contributed by atoms with Crippen LogP contribution in [0, 0.1) is 0 Å². The number of aliphatic hydroxyl groups is 1. The van der Waals surface area contributed by atoms with Crippen LogP contribution in [0.5, 0.6) is 0 Å². The van der Waals surface area contributed by atoms with Crippen molar-refractivity contribution in [2.75, 3.05) is 13.1 Å². The summed E-state index contributed by atoms with van der Waals surface area (Å²) in [6.07, 6.45) is 0. The molecule has 0 radical (unpaired) electrons. The predicted molar refractivity (Wildman–Crippen MR) is 44.2 cm³/mol. The first-order valence-electron chi connectivity index (χ1n) is 3.99. The van der Waals surface area contributed by atoms with Gasteiger partial charge in [0.15, 0.2) is 0 Å². The summed E-state index contributed by atoms with van der Waals surface area (Å²) < 4.78 is 0. The Bertz CT molecular complexity index is 135. The zero-order chi connectivity index (χ0) is 9.07. The minimum atomic E-state index is -0.619. The minimum absolute atomic E-state index is 0.0431. The maximum absolute atomic E-state index is 10.5. The number of likely N-dealkylation sites (tertiary alicyclic amines) is 1. The Hall–Kier alpha value is -0.570. The summed E-state index contributed by atoms with van der Waals surface area (Å²) in [4.78, 5) is 12.1. The lowest BCUT2D eigenvalue weighted by molar-refractivity contribution is -0.149. The van der Waals surface area contributed by atoms with Crippen molar-refractivity contribution in [1.29, 1.82) is 0 Å². The molecule has 0 atom stereocenters. The number of hydrogen-bond acceptors (Lipinski definition) is 2. The van der Waals surface area contributed by atoms with Crippen LogP contribution >= 0.6 is 0 Å².